The third-order valence-electron chi connectivity index (χ3n) is 4.85. The van der Waals surface area contributed by atoms with Crippen LogP contribution in [0.3, 0.4) is 0 Å². The van der Waals surface area contributed by atoms with E-state index in [1.165, 1.54) is 4.57 Å². The molecule has 9 heteroatoms. The third kappa shape index (κ3) is 5.15. The number of nitriles is 1. The summed E-state index contributed by atoms with van der Waals surface area (Å²) in [5.41, 5.74) is 0.357. The van der Waals surface area contributed by atoms with Crippen molar-refractivity contribution in [3.8, 4) is 11.8 Å². The van der Waals surface area contributed by atoms with Gasteiger partial charge in [-0.05, 0) is 38.5 Å². The lowest BCUT2D eigenvalue weighted by Gasteiger charge is -2.24. The van der Waals surface area contributed by atoms with Gasteiger partial charge in [0.2, 0.25) is 0 Å². The predicted octanol–water partition coefficient (Wildman–Crippen LogP) is 1.62. The van der Waals surface area contributed by atoms with Crippen LogP contribution in [0.25, 0.3) is 0 Å². The summed E-state index contributed by atoms with van der Waals surface area (Å²) in [5.74, 6) is -1.98. The van der Waals surface area contributed by atoms with Crippen LogP contribution in [0, 0.1) is 11.3 Å². The van der Waals surface area contributed by atoms with Gasteiger partial charge >= 0.3 is 5.97 Å². The molecule has 0 spiro atoms. The standard InChI is InChI=1S/C23H25N3O6/c1-23(2,3)32-18(27)11-25-21(29)19-20(28)16-13-31-9-8-17(16)26(22(19)30)12-15-6-4-14(10-24)5-7-15/h4-7,28H,8-9,11-13H2,1-3H3,(H,25,29). The van der Waals surface area contributed by atoms with Crippen LogP contribution in [0.1, 0.15) is 53.5 Å². The molecule has 2 N–H and O–H groups in total. The summed E-state index contributed by atoms with van der Waals surface area (Å²) in [6.07, 6.45) is 0.397. The second kappa shape index (κ2) is 9.24. The van der Waals surface area contributed by atoms with Crippen molar-refractivity contribution in [2.45, 2.75) is 45.9 Å². The number of rotatable bonds is 5. The van der Waals surface area contributed by atoms with Gasteiger partial charge < -0.3 is 24.5 Å². The molecule has 0 bridgehead atoms. The van der Waals surface area contributed by atoms with Crippen LogP contribution in [-0.4, -0.2) is 40.3 Å². The molecule has 1 aliphatic heterocycles. The Morgan fingerprint density at radius 2 is 1.97 bits per heavy atom. The number of nitrogens with zero attached hydrogens (tertiary/aromatic N) is 2. The van der Waals surface area contributed by atoms with Gasteiger partial charge in [-0.2, -0.15) is 5.26 Å². The number of esters is 1. The van der Waals surface area contributed by atoms with E-state index >= 15 is 0 Å². The number of hydrogen-bond donors (Lipinski definition) is 2. The molecule has 2 heterocycles. The topological polar surface area (TPSA) is 131 Å². The zero-order valence-electron chi connectivity index (χ0n) is 18.2. The third-order valence-corrected chi connectivity index (χ3v) is 4.85. The van der Waals surface area contributed by atoms with Crippen molar-refractivity contribution < 1.29 is 24.2 Å². The molecule has 9 nitrogen and oxygen atoms in total. The van der Waals surface area contributed by atoms with Crippen LogP contribution in [0.2, 0.25) is 0 Å². The molecular formula is C23H25N3O6. The molecule has 1 aromatic carbocycles. The van der Waals surface area contributed by atoms with E-state index in [-0.39, 0.29) is 13.2 Å². The van der Waals surface area contributed by atoms with Gasteiger partial charge in [0.15, 0.2) is 0 Å². The summed E-state index contributed by atoms with van der Waals surface area (Å²) in [5, 5.41) is 22.0. The highest BCUT2D eigenvalue weighted by Crippen LogP contribution is 2.28. The smallest absolute Gasteiger partial charge is 0.325 e. The molecule has 0 radical (unpaired) electrons. The Hall–Kier alpha value is -3.64. The summed E-state index contributed by atoms with van der Waals surface area (Å²) in [4.78, 5) is 37.9. The summed E-state index contributed by atoms with van der Waals surface area (Å²) < 4.78 is 12.0. The summed E-state index contributed by atoms with van der Waals surface area (Å²) in [6, 6.07) is 8.78. The predicted molar refractivity (Wildman–Crippen MR) is 114 cm³/mol. The second-order valence-corrected chi connectivity index (χ2v) is 8.42. The summed E-state index contributed by atoms with van der Waals surface area (Å²) in [6.45, 7) is 5.24. The van der Waals surface area contributed by atoms with E-state index in [1.54, 1.807) is 45.0 Å². The number of pyridine rings is 1. The minimum atomic E-state index is -0.875. The van der Waals surface area contributed by atoms with Crippen molar-refractivity contribution in [1.29, 1.82) is 5.26 Å². The van der Waals surface area contributed by atoms with E-state index in [2.05, 4.69) is 5.32 Å². The maximum atomic E-state index is 13.2. The largest absolute Gasteiger partial charge is 0.506 e. The van der Waals surface area contributed by atoms with Crippen molar-refractivity contribution in [3.63, 3.8) is 0 Å². The number of aromatic nitrogens is 1. The lowest BCUT2D eigenvalue weighted by atomic mass is 10.0. The molecule has 1 aliphatic rings. The van der Waals surface area contributed by atoms with Crippen LogP contribution in [-0.2, 0) is 33.8 Å². The molecule has 3 rings (SSSR count). The van der Waals surface area contributed by atoms with E-state index in [4.69, 9.17) is 14.7 Å². The second-order valence-electron chi connectivity index (χ2n) is 8.42. The molecule has 0 atom stereocenters. The molecule has 0 fully saturated rings. The van der Waals surface area contributed by atoms with E-state index in [0.29, 0.717) is 29.8 Å². The van der Waals surface area contributed by atoms with Gasteiger partial charge in [0.05, 0.1) is 31.4 Å². The highest BCUT2D eigenvalue weighted by Gasteiger charge is 2.28. The van der Waals surface area contributed by atoms with Crippen LogP contribution in [0.15, 0.2) is 29.1 Å². The van der Waals surface area contributed by atoms with Crippen molar-refractivity contribution in [1.82, 2.24) is 9.88 Å². The summed E-state index contributed by atoms with van der Waals surface area (Å²) >= 11 is 0. The Bertz CT molecular complexity index is 1140. The molecule has 32 heavy (non-hydrogen) atoms. The monoisotopic (exact) mass is 439 g/mol. The fourth-order valence-electron chi connectivity index (χ4n) is 3.45. The number of ether oxygens (including phenoxy) is 2. The van der Waals surface area contributed by atoms with Gasteiger partial charge in [0, 0.05) is 17.7 Å². The van der Waals surface area contributed by atoms with Gasteiger partial charge in [0.25, 0.3) is 11.5 Å². The molecule has 0 aliphatic carbocycles. The Balaban J connectivity index is 1.95. The molecule has 0 saturated heterocycles. The number of carbonyl (C=O) groups excluding carboxylic acids is 2. The van der Waals surface area contributed by atoms with Gasteiger partial charge in [-0.1, -0.05) is 12.1 Å². The van der Waals surface area contributed by atoms with Crippen molar-refractivity contribution in [2.75, 3.05) is 13.2 Å². The normalized spacial score (nSPS) is 13.1. The first-order valence-electron chi connectivity index (χ1n) is 10.1. The fraction of sp³-hybridized carbons (Fsp3) is 0.391. The molecular weight excluding hydrogens is 414 g/mol. The van der Waals surface area contributed by atoms with Crippen LogP contribution in [0.4, 0.5) is 0 Å². The average Bonchev–Trinajstić information content (AvgIpc) is 2.74. The number of aromatic hydroxyl groups is 1. The van der Waals surface area contributed by atoms with E-state index in [0.717, 1.165) is 5.56 Å². The maximum Gasteiger partial charge on any atom is 0.325 e. The SMILES string of the molecule is CC(C)(C)OC(=O)CNC(=O)c1c(O)c2c(n(Cc3ccc(C#N)cc3)c1=O)CCOC2. The zero-order chi connectivity index (χ0) is 23.5. The molecule has 1 amide bonds. The first-order valence-corrected chi connectivity index (χ1v) is 10.1. The van der Waals surface area contributed by atoms with Crippen molar-refractivity contribution in [3.05, 3.63) is 62.6 Å². The molecule has 0 saturated carbocycles. The molecule has 168 valence electrons. The Morgan fingerprint density at radius 1 is 1.28 bits per heavy atom. The van der Waals surface area contributed by atoms with Gasteiger partial charge in [0.1, 0.15) is 23.5 Å². The maximum absolute atomic E-state index is 13.2. The van der Waals surface area contributed by atoms with Gasteiger partial charge in [-0.3, -0.25) is 14.4 Å². The highest BCUT2D eigenvalue weighted by atomic mass is 16.6. The minimum Gasteiger partial charge on any atom is -0.506 e. The van der Waals surface area contributed by atoms with Crippen LogP contribution >= 0.6 is 0 Å². The highest BCUT2D eigenvalue weighted by molar-refractivity contribution is 5.98. The molecule has 2 aromatic rings. The lowest BCUT2D eigenvalue weighted by molar-refractivity contribution is -0.153. The zero-order valence-corrected chi connectivity index (χ0v) is 18.2. The minimum absolute atomic E-state index is 0.0567. The first kappa shape index (κ1) is 23.0. The Morgan fingerprint density at radius 3 is 2.59 bits per heavy atom. The number of nitrogens with one attached hydrogen (secondary N) is 1. The average molecular weight is 439 g/mol. The first-order chi connectivity index (χ1) is 15.1. The van der Waals surface area contributed by atoms with E-state index in [9.17, 15) is 19.5 Å². The van der Waals surface area contributed by atoms with Gasteiger partial charge in [-0.15, -0.1) is 0 Å². The lowest BCUT2D eigenvalue weighted by Crippen LogP contribution is -2.39. The van der Waals surface area contributed by atoms with Crippen LogP contribution in [0.5, 0.6) is 5.75 Å². The number of carbonyl (C=O) groups is 2. The Labute approximate surface area is 185 Å². The molecule has 0 unspecified atom stereocenters. The van der Waals surface area contributed by atoms with Crippen molar-refractivity contribution in [2.24, 2.45) is 0 Å². The van der Waals surface area contributed by atoms with E-state index < -0.39 is 40.9 Å². The van der Waals surface area contributed by atoms with E-state index in [1.807, 2.05) is 6.07 Å². The quantitative estimate of drug-likeness (QED) is 0.677. The van der Waals surface area contributed by atoms with Crippen LogP contribution < -0.4 is 10.9 Å². The summed E-state index contributed by atoms with van der Waals surface area (Å²) in [7, 11) is 0. The number of hydrogen-bond acceptors (Lipinski definition) is 7. The molecule has 1 aromatic heterocycles. The number of benzene rings is 1. The fourth-order valence-corrected chi connectivity index (χ4v) is 3.45. The number of fused-ring (bicyclic) bond motifs is 1. The Kier molecular flexibility index (Phi) is 6.65. The number of amides is 1. The van der Waals surface area contributed by atoms with Crippen molar-refractivity contribution >= 4 is 11.9 Å². The van der Waals surface area contributed by atoms with Gasteiger partial charge in [-0.25, -0.2) is 0 Å².